The normalized spacial score (nSPS) is 27.2. The quantitative estimate of drug-likeness (QED) is 0.776. The van der Waals surface area contributed by atoms with Crippen molar-refractivity contribution in [3.05, 3.63) is 21.3 Å². The van der Waals surface area contributed by atoms with Gasteiger partial charge < -0.3 is 5.73 Å². The molecular weight excluding hydrogens is 294 g/mol. The number of hydrogen-bond acceptors (Lipinski definition) is 3. The molecule has 4 unspecified atom stereocenters. The van der Waals surface area contributed by atoms with Crippen LogP contribution in [0.3, 0.4) is 0 Å². The van der Waals surface area contributed by atoms with Gasteiger partial charge in [0.1, 0.15) is 0 Å². The second-order valence-electron chi connectivity index (χ2n) is 5.66. The SMILES string of the molecule is CCC(N)C(SC1CCCC(C)C1)c1ccc(Cl)s1. The van der Waals surface area contributed by atoms with Crippen molar-refractivity contribution in [2.24, 2.45) is 11.7 Å². The fourth-order valence-electron chi connectivity index (χ4n) is 2.78. The van der Waals surface area contributed by atoms with Crippen molar-refractivity contribution in [2.45, 2.75) is 62.5 Å². The lowest BCUT2D eigenvalue weighted by Crippen LogP contribution is -2.28. The predicted octanol–water partition coefficient (Wildman–Crippen LogP) is 5.49. The van der Waals surface area contributed by atoms with Gasteiger partial charge in [0.15, 0.2) is 0 Å². The molecule has 0 aromatic carbocycles. The molecule has 0 bridgehead atoms. The van der Waals surface area contributed by atoms with Crippen LogP contribution < -0.4 is 5.73 Å². The zero-order valence-corrected chi connectivity index (χ0v) is 14.2. The minimum atomic E-state index is 0.233. The van der Waals surface area contributed by atoms with Crippen LogP contribution in [0.15, 0.2) is 12.1 Å². The molecule has 2 rings (SSSR count). The number of thiophene rings is 1. The molecule has 1 aromatic heterocycles. The number of halogens is 1. The van der Waals surface area contributed by atoms with E-state index in [1.165, 1.54) is 30.6 Å². The maximum atomic E-state index is 6.35. The summed E-state index contributed by atoms with van der Waals surface area (Å²) in [5.74, 6) is 0.872. The minimum Gasteiger partial charge on any atom is -0.326 e. The Kier molecular flexibility index (Phi) is 6.07. The van der Waals surface area contributed by atoms with Gasteiger partial charge in [-0.1, -0.05) is 38.3 Å². The molecule has 1 aromatic rings. The Morgan fingerprint density at radius 1 is 1.47 bits per heavy atom. The van der Waals surface area contributed by atoms with Crippen LogP contribution in [0.5, 0.6) is 0 Å². The van der Waals surface area contributed by atoms with Gasteiger partial charge in [0.2, 0.25) is 0 Å². The lowest BCUT2D eigenvalue weighted by Gasteiger charge is -2.31. The van der Waals surface area contributed by atoms with E-state index in [4.69, 9.17) is 17.3 Å². The van der Waals surface area contributed by atoms with Gasteiger partial charge in [-0.15, -0.1) is 23.1 Å². The Labute approximate surface area is 130 Å². The molecule has 1 aliphatic carbocycles. The van der Waals surface area contributed by atoms with Crippen molar-refractivity contribution in [1.82, 2.24) is 0 Å². The number of thioether (sulfide) groups is 1. The van der Waals surface area contributed by atoms with Gasteiger partial charge in [-0.05, 0) is 37.3 Å². The summed E-state index contributed by atoms with van der Waals surface area (Å²) in [6.45, 7) is 4.56. The van der Waals surface area contributed by atoms with Crippen molar-refractivity contribution in [1.29, 1.82) is 0 Å². The van der Waals surface area contributed by atoms with E-state index >= 15 is 0 Å². The molecule has 0 spiro atoms. The van der Waals surface area contributed by atoms with E-state index in [1.54, 1.807) is 11.3 Å². The van der Waals surface area contributed by atoms with E-state index in [9.17, 15) is 0 Å². The molecule has 4 heteroatoms. The fraction of sp³-hybridized carbons (Fsp3) is 0.733. The molecule has 1 saturated carbocycles. The molecule has 108 valence electrons. The molecule has 1 nitrogen and oxygen atoms in total. The van der Waals surface area contributed by atoms with E-state index in [0.29, 0.717) is 5.25 Å². The van der Waals surface area contributed by atoms with Crippen LogP contribution in [-0.4, -0.2) is 11.3 Å². The maximum Gasteiger partial charge on any atom is 0.0931 e. The van der Waals surface area contributed by atoms with Crippen LogP contribution in [0.25, 0.3) is 0 Å². The van der Waals surface area contributed by atoms with Gasteiger partial charge in [-0.2, -0.15) is 0 Å². The Balaban J connectivity index is 2.05. The van der Waals surface area contributed by atoms with E-state index in [-0.39, 0.29) is 6.04 Å². The summed E-state index contributed by atoms with van der Waals surface area (Å²) in [6, 6.07) is 4.39. The zero-order chi connectivity index (χ0) is 13.8. The number of hydrogen-bond donors (Lipinski definition) is 1. The molecule has 0 amide bonds. The number of nitrogens with two attached hydrogens (primary N) is 1. The van der Waals surface area contributed by atoms with Crippen molar-refractivity contribution in [2.75, 3.05) is 0 Å². The molecule has 4 atom stereocenters. The molecule has 1 aliphatic rings. The highest BCUT2D eigenvalue weighted by Crippen LogP contribution is 2.44. The lowest BCUT2D eigenvalue weighted by molar-refractivity contribution is 0.393. The van der Waals surface area contributed by atoms with Crippen LogP contribution in [-0.2, 0) is 0 Å². The highest BCUT2D eigenvalue weighted by Gasteiger charge is 2.27. The first-order valence-corrected chi connectivity index (χ1v) is 9.40. The monoisotopic (exact) mass is 317 g/mol. The number of rotatable bonds is 5. The standard InChI is InChI=1S/C15H24ClNS2/c1-3-12(17)15(13-7-8-14(16)19-13)18-11-6-4-5-10(2)9-11/h7-8,10-12,15H,3-6,9,17H2,1-2H3. The Hall–Kier alpha value is 0.300. The highest BCUT2D eigenvalue weighted by molar-refractivity contribution is 8.00. The molecule has 0 radical (unpaired) electrons. The van der Waals surface area contributed by atoms with E-state index in [2.05, 4.69) is 31.7 Å². The van der Waals surface area contributed by atoms with E-state index in [1.807, 2.05) is 6.07 Å². The summed E-state index contributed by atoms with van der Waals surface area (Å²) in [5, 5.41) is 1.19. The van der Waals surface area contributed by atoms with E-state index in [0.717, 1.165) is 21.9 Å². The van der Waals surface area contributed by atoms with E-state index < -0.39 is 0 Å². The van der Waals surface area contributed by atoms with Crippen molar-refractivity contribution in [3.8, 4) is 0 Å². The summed E-state index contributed by atoms with van der Waals surface area (Å²) in [7, 11) is 0. The van der Waals surface area contributed by atoms with Crippen LogP contribution in [0.4, 0.5) is 0 Å². The van der Waals surface area contributed by atoms with Gasteiger partial charge >= 0.3 is 0 Å². The zero-order valence-electron chi connectivity index (χ0n) is 11.8. The van der Waals surface area contributed by atoms with Crippen LogP contribution in [0.1, 0.15) is 56.1 Å². The molecule has 0 saturated heterocycles. The van der Waals surface area contributed by atoms with Crippen LogP contribution in [0, 0.1) is 5.92 Å². The Morgan fingerprint density at radius 3 is 2.84 bits per heavy atom. The summed E-state index contributed by atoms with van der Waals surface area (Å²) in [6.07, 6.45) is 6.48. The minimum absolute atomic E-state index is 0.233. The lowest BCUT2D eigenvalue weighted by atomic mass is 9.90. The summed E-state index contributed by atoms with van der Waals surface area (Å²) >= 11 is 9.88. The molecule has 2 N–H and O–H groups in total. The first kappa shape index (κ1) is 15.7. The Morgan fingerprint density at radius 2 is 2.26 bits per heavy atom. The highest BCUT2D eigenvalue weighted by atomic mass is 35.5. The fourth-order valence-corrected chi connectivity index (χ4v) is 5.98. The van der Waals surface area contributed by atoms with Gasteiger partial charge in [0, 0.05) is 16.2 Å². The summed E-state index contributed by atoms with van der Waals surface area (Å²) in [5.41, 5.74) is 6.35. The second kappa shape index (κ2) is 7.35. The predicted molar refractivity (Wildman–Crippen MR) is 89.3 cm³/mol. The van der Waals surface area contributed by atoms with Gasteiger partial charge in [-0.3, -0.25) is 0 Å². The first-order valence-electron chi connectivity index (χ1n) is 7.26. The van der Waals surface area contributed by atoms with Crippen molar-refractivity contribution >= 4 is 34.7 Å². The average molecular weight is 318 g/mol. The van der Waals surface area contributed by atoms with Crippen LogP contribution in [0.2, 0.25) is 4.34 Å². The summed E-state index contributed by atoms with van der Waals surface area (Å²) in [4.78, 5) is 1.35. The molecule has 1 fully saturated rings. The molecule has 0 aliphatic heterocycles. The topological polar surface area (TPSA) is 26.0 Å². The molecule has 19 heavy (non-hydrogen) atoms. The first-order chi connectivity index (χ1) is 9.10. The third kappa shape index (κ3) is 4.38. The van der Waals surface area contributed by atoms with Crippen molar-refractivity contribution < 1.29 is 0 Å². The van der Waals surface area contributed by atoms with Gasteiger partial charge in [0.05, 0.1) is 9.59 Å². The molecule has 1 heterocycles. The van der Waals surface area contributed by atoms with Gasteiger partial charge in [0.25, 0.3) is 0 Å². The third-order valence-electron chi connectivity index (χ3n) is 3.96. The maximum absolute atomic E-state index is 6.35. The third-order valence-corrected chi connectivity index (χ3v) is 7.14. The molecular formula is C15H24ClNS2. The Bertz CT molecular complexity index is 393. The van der Waals surface area contributed by atoms with Gasteiger partial charge in [-0.25, -0.2) is 0 Å². The largest absolute Gasteiger partial charge is 0.326 e. The summed E-state index contributed by atoms with van der Waals surface area (Å²) < 4.78 is 0.876. The van der Waals surface area contributed by atoms with Crippen molar-refractivity contribution in [3.63, 3.8) is 0 Å². The second-order valence-corrected chi connectivity index (χ2v) is 8.86. The van der Waals surface area contributed by atoms with Crippen LogP contribution >= 0.6 is 34.7 Å². The average Bonchev–Trinajstić information content (AvgIpc) is 2.81. The smallest absolute Gasteiger partial charge is 0.0931 e.